The Kier molecular flexibility index (Phi) is 3.16. The first-order chi connectivity index (χ1) is 7.13. The number of hydrogen-bond acceptors (Lipinski definition) is 3. The number of carbonyl (C=O) groups is 1. The molecule has 1 aliphatic carbocycles. The maximum atomic E-state index is 11.5. The van der Waals surface area contributed by atoms with Gasteiger partial charge in [-0.1, -0.05) is 0 Å². The van der Waals surface area contributed by atoms with Crippen LogP contribution >= 0.6 is 27.3 Å². The molecular weight excluding hydrogens is 276 g/mol. The summed E-state index contributed by atoms with van der Waals surface area (Å²) >= 11 is 5.20. The van der Waals surface area contributed by atoms with Gasteiger partial charge in [-0.15, -0.1) is 11.3 Å². The molecule has 1 aliphatic rings. The number of carbonyl (C=O) groups excluding carboxylic acids is 1. The van der Waals surface area contributed by atoms with Crippen molar-refractivity contribution in [3.05, 3.63) is 20.3 Å². The third-order valence-electron chi connectivity index (χ3n) is 2.71. The van der Waals surface area contributed by atoms with Gasteiger partial charge in [-0.2, -0.15) is 0 Å². The maximum absolute atomic E-state index is 11.5. The van der Waals surface area contributed by atoms with E-state index in [4.69, 9.17) is 4.74 Å². The Labute approximate surface area is 102 Å². The summed E-state index contributed by atoms with van der Waals surface area (Å²) < 4.78 is 6.16. The highest BCUT2D eigenvalue weighted by Gasteiger charge is 2.46. The molecule has 1 saturated carbocycles. The summed E-state index contributed by atoms with van der Waals surface area (Å²) in [4.78, 5) is 12.8. The Hall–Kier alpha value is -0.350. The van der Waals surface area contributed by atoms with E-state index in [1.165, 1.54) is 10.4 Å². The molecule has 0 N–H and O–H groups in total. The molecule has 2 nitrogen and oxygen atoms in total. The number of hydrogen-bond donors (Lipinski definition) is 0. The van der Waals surface area contributed by atoms with E-state index in [9.17, 15) is 4.79 Å². The smallest absolute Gasteiger partial charge is 0.309 e. The van der Waals surface area contributed by atoms with E-state index in [1.807, 2.05) is 6.92 Å². The standard InChI is InChI=1S/C11H13BrO2S/c1-3-14-11(13)9-4-8(9)7-5-10(12)15-6(7)2/h5,8-9H,3-4H2,1-2H3/t8-,9+/m0/s1. The van der Waals surface area contributed by atoms with Crippen molar-refractivity contribution in [1.82, 2.24) is 0 Å². The van der Waals surface area contributed by atoms with E-state index in [2.05, 4.69) is 28.9 Å². The van der Waals surface area contributed by atoms with Gasteiger partial charge in [-0.25, -0.2) is 0 Å². The lowest BCUT2D eigenvalue weighted by molar-refractivity contribution is -0.144. The number of aryl methyl sites for hydroxylation is 1. The SMILES string of the molecule is CCOC(=O)[C@@H]1C[C@H]1c1cc(Br)sc1C. The van der Waals surface area contributed by atoms with Gasteiger partial charge in [0, 0.05) is 4.88 Å². The van der Waals surface area contributed by atoms with Crippen LogP contribution < -0.4 is 0 Å². The highest BCUT2D eigenvalue weighted by Crippen LogP contribution is 2.51. The lowest BCUT2D eigenvalue weighted by atomic mass is 10.1. The van der Waals surface area contributed by atoms with Gasteiger partial charge in [-0.05, 0) is 53.7 Å². The predicted octanol–water partition coefficient (Wildman–Crippen LogP) is 3.49. The first-order valence-corrected chi connectivity index (χ1v) is 6.67. The Morgan fingerprint density at radius 1 is 1.73 bits per heavy atom. The highest BCUT2D eigenvalue weighted by atomic mass is 79.9. The van der Waals surface area contributed by atoms with Gasteiger partial charge in [0.15, 0.2) is 0 Å². The molecule has 0 unspecified atom stereocenters. The van der Waals surface area contributed by atoms with E-state index in [0.29, 0.717) is 12.5 Å². The molecule has 0 bridgehead atoms. The zero-order valence-electron chi connectivity index (χ0n) is 8.75. The normalized spacial score (nSPS) is 23.9. The minimum Gasteiger partial charge on any atom is -0.466 e. The van der Waals surface area contributed by atoms with Crippen molar-refractivity contribution >= 4 is 33.2 Å². The minimum atomic E-state index is -0.0378. The van der Waals surface area contributed by atoms with Crippen LogP contribution in [0.5, 0.6) is 0 Å². The number of ether oxygens (including phenoxy) is 1. The van der Waals surface area contributed by atoms with Crippen molar-refractivity contribution in [2.24, 2.45) is 5.92 Å². The first-order valence-electron chi connectivity index (χ1n) is 5.06. The number of halogens is 1. The molecule has 1 fully saturated rings. The van der Waals surface area contributed by atoms with E-state index in [0.717, 1.165) is 10.2 Å². The zero-order chi connectivity index (χ0) is 11.0. The van der Waals surface area contributed by atoms with Crippen LogP contribution in [0.4, 0.5) is 0 Å². The summed E-state index contributed by atoms with van der Waals surface area (Å²) in [6.07, 6.45) is 0.947. The first kappa shape index (κ1) is 11.1. The van der Waals surface area contributed by atoms with E-state index < -0.39 is 0 Å². The molecule has 0 aliphatic heterocycles. The second-order valence-corrected chi connectivity index (χ2v) is 6.40. The summed E-state index contributed by atoms with van der Waals surface area (Å²) in [6.45, 7) is 4.43. The van der Waals surface area contributed by atoms with Crippen LogP contribution in [-0.4, -0.2) is 12.6 Å². The van der Waals surface area contributed by atoms with Gasteiger partial charge in [0.2, 0.25) is 0 Å². The minimum absolute atomic E-state index is 0.0378. The fourth-order valence-corrected chi connectivity index (χ4v) is 3.66. The molecule has 0 saturated heterocycles. The maximum Gasteiger partial charge on any atom is 0.309 e. The van der Waals surface area contributed by atoms with Crippen LogP contribution in [0, 0.1) is 12.8 Å². The lowest BCUT2D eigenvalue weighted by Crippen LogP contribution is -2.07. The van der Waals surface area contributed by atoms with Crippen LogP contribution in [-0.2, 0) is 9.53 Å². The Balaban J connectivity index is 2.04. The molecule has 15 heavy (non-hydrogen) atoms. The Bertz CT molecular complexity index is 386. The predicted molar refractivity (Wildman–Crippen MR) is 64.2 cm³/mol. The average molecular weight is 289 g/mol. The van der Waals surface area contributed by atoms with Gasteiger partial charge < -0.3 is 4.74 Å². The van der Waals surface area contributed by atoms with Gasteiger partial charge in [0.05, 0.1) is 16.3 Å². The van der Waals surface area contributed by atoms with E-state index in [1.54, 1.807) is 11.3 Å². The molecule has 1 heterocycles. The van der Waals surface area contributed by atoms with Crippen LogP contribution in [0.25, 0.3) is 0 Å². The number of rotatable bonds is 3. The van der Waals surface area contributed by atoms with Crippen molar-refractivity contribution in [3.8, 4) is 0 Å². The fraction of sp³-hybridized carbons (Fsp3) is 0.545. The summed E-state index contributed by atoms with van der Waals surface area (Å²) in [5.41, 5.74) is 1.31. The highest BCUT2D eigenvalue weighted by molar-refractivity contribution is 9.11. The second kappa shape index (κ2) is 4.26. The quantitative estimate of drug-likeness (QED) is 0.796. The molecule has 2 rings (SSSR count). The van der Waals surface area contributed by atoms with Gasteiger partial charge >= 0.3 is 5.97 Å². The summed E-state index contributed by atoms with van der Waals surface area (Å²) in [5, 5.41) is 0. The third kappa shape index (κ3) is 2.26. The van der Waals surface area contributed by atoms with Crippen molar-refractivity contribution in [1.29, 1.82) is 0 Å². The molecule has 0 amide bonds. The number of esters is 1. The largest absolute Gasteiger partial charge is 0.466 e. The zero-order valence-corrected chi connectivity index (χ0v) is 11.2. The van der Waals surface area contributed by atoms with Crippen molar-refractivity contribution in [2.75, 3.05) is 6.61 Å². The monoisotopic (exact) mass is 288 g/mol. The van der Waals surface area contributed by atoms with Crippen LogP contribution in [0.3, 0.4) is 0 Å². The van der Waals surface area contributed by atoms with Crippen molar-refractivity contribution in [2.45, 2.75) is 26.2 Å². The van der Waals surface area contributed by atoms with Crippen LogP contribution in [0.15, 0.2) is 9.85 Å². The molecule has 1 aromatic heterocycles. The van der Waals surface area contributed by atoms with Crippen LogP contribution in [0.2, 0.25) is 0 Å². The average Bonchev–Trinajstić information content (AvgIpc) is 2.88. The van der Waals surface area contributed by atoms with Crippen LogP contribution in [0.1, 0.15) is 29.7 Å². The third-order valence-corrected chi connectivity index (χ3v) is 4.27. The van der Waals surface area contributed by atoms with Crippen molar-refractivity contribution in [3.63, 3.8) is 0 Å². The molecule has 0 aromatic carbocycles. The molecular formula is C11H13BrO2S. The van der Waals surface area contributed by atoms with Gasteiger partial charge in [-0.3, -0.25) is 4.79 Å². The number of thiophene rings is 1. The molecule has 0 radical (unpaired) electrons. The Morgan fingerprint density at radius 3 is 3.00 bits per heavy atom. The van der Waals surface area contributed by atoms with E-state index >= 15 is 0 Å². The van der Waals surface area contributed by atoms with Crippen molar-refractivity contribution < 1.29 is 9.53 Å². The molecule has 1 aromatic rings. The molecule has 0 spiro atoms. The summed E-state index contributed by atoms with van der Waals surface area (Å²) in [7, 11) is 0. The summed E-state index contributed by atoms with van der Waals surface area (Å²) in [5.74, 6) is 0.459. The van der Waals surface area contributed by atoms with E-state index in [-0.39, 0.29) is 11.9 Å². The summed E-state index contributed by atoms with van der Waals surface area (Å²) in [6, 6.07) is 2.13. The van der Waals surface area contributed by atoms with Gasteiger partial charge in [0.1, 0.15) is 0 Å². The fourth-order valence-electron chi connectivity index (χ4n) is 1.88. The Morgan fingerprint density at radius 2 is 2.47 bits per heavy atom. The molecule has 82 valence electrons. The lowest BCUT2D eigenvalue weighted by Gasteiger charge is -2.00. The second-order valence-electron chi connectivity index (χ2n) is 3.76. The van der Waals surface area contributed by atoms with Gasteiger partial charge in [0.25, 0.3) is 0 Å². The topological polar surface area (TPSA) is 26.3 Å². The molecule has 4 heteroatoms. The molecule has 2 atom stereocenters.